The van der Waals surface area contributed by atoms with Crippen LogP contribution in [0.4, 0.5) is 0 Å². The Labute approximate surface area is 126 Å². The number of halogens is 1. The van der Waals surface area contributed by atoms with Crippen molar-refractivity contribution < 1.29 is 14.2 Å². The summed E-state index contributed by atoms with van der Waals surface area (Å²) < 4.78 is 16.8. The highest BCUT2D eigenvalue weighted by Crippen LogP contribution is 2.32. The van der Waals surface area contributed by atoms with Gasteiger partial charge in [0.05, 0.1) is 26.0 Å². The lowest BCUT2D eigenvalue weighted by Gasteiger charge is -2.11. The van der Waals surface area contributed by atoms with E-state index in [9.17, 15) is 0 Å². The minimum absolute atomic E-state index is 0.500. The van der Waals surface area contributed by atoms with Crippen LogP contribution in [0.3, 0.4) is 0 Å². The molecule has 0 N–H and O–H groups in total. The molecule has 0 radical (unpaired) electrons. The van der Waals surface area contributed by atoms with Gasteiger partial charge in [0.2, 0.25) is 5.88 Å². The molecular formula is C15H14BrNO3. The fraction of sp³-hybridized carbons (Fsp3) is 0.133. The third kappa shape index (κ3) is 3.51. The summed E-state index contributed by atoms with van der Waals surface area (Å²) in [6.07, 6.45) is 3.35. The smallest absolute Gasteiger partial charge is 0.220 e. The van der Waals surface area contributed by atoms with Crippen molar-refractivity contribution in [3.8, 4) is 17.4 Å². The Hall–Kier alpha value is -2.01. The molecule has 2 aromatic rings. The monoisotopic (exact) mass is 335 g/mol. The van der Waals surface area contributed by atoms with Crippen LogP contribution in [-0.2, 0) is 4.74 Å². The highest BCUT2D eigenvalue weighted by molar-refractivity contribution is 9.10. The molecule has 0 aliphatic carbocycles. The lowest BCUT2D eigenvalue weighted by atomic mass is 10.1. The first-order chi connectivity index (χ1) is 9.74. The summed E-state index contributed by atoms with van der Waals surface area (Å²) in [5, 5.41) is 0. The summed E-state index contributed by atoms with van der Waals surface area (Å²) in [4.78, 5) is 4.24. The molecule has 20 heavy (non-hydrogen) atoms. The summed E-state index contributed by atoms with van der Waals surface area (Å²) >= 11 is 3.31. The number of aromatic nitrogens is 1. The Balaban J connectivity index is 2.37. The van der Waals surface area contributed by atoms with Crippen LogP contribution >= 0.6 is 15.9 Å². The topological polar surface area (TPSA) is 40.6 Å². The maximum Gasteiger partial charge on any atom is 0.220 e. The molecule has 0 saturated carbocycles. The third-order valence-corrected chi connectivity index (χ3v) is 2.96. The second-order valence-electron chi connectivity index (χ2n) is 3.81. The van der Waals surface area contributed by atoms with E-state index in [1.807, 2.05) is 30.3 Å². The molecule has 0 saturated heterocycles. The molecule has 4 nitrogen and oxygen atoms in total. The summed E-state index contributed by atoms with van der Waals surface area (Å²) in [6, 6.07) is 11.0. The van der Waals surface area contributed by atoms with Gasteiger partial charge in [-0.05, 0) is 40.2 Å². The zero-order chi connectivity index (χ0) is 14.4. The van der Waals surface area contributed by atoms with Crippen LogP contribution in [0.15, 0.2) is 47.3 Å². The van der Waals surface area contributed by atoms with Crippen molar-refractivity contribution >= 4 is 22.0 Å². The fourth-order valence-electron chi connectivity index (χ4n) is 1.65. The van der Waals surface area contributed by atoms with E-state index in [-0.39, 0.29) is 0 Å². The van der Waals surface area contributed by atoms with E-state index in [4.69, 9.17) is 14.2 Å². The Kier molecular flexibility index (Phi) is 5.01. The van der Waals surface area contributed by atoms with Gasteiger partial charge < -0.3 is 14.2 Å². The Morgan fingerprint density at radius 2 is 1.80 bits per heavy atom. The predicted molar refractivity (Wildman–Crippen MR) is 81.0 cm³/mol. The minimum atomic E-state index is 0.500. The van der Waals surface area contributed by atoms with Gasteiger partial charge in [-0.2, -0.15) is 0 Å². The summed E-state index contributed by atoms with van der Waals surface area (Å²) in [6.45, 7) is 0. The van der Waals surface area contributed by atoms with Gasteiger partial charge in [-0.1, -0.05) is 12.1 Å². The van der Waals surface area contributed by atoms with Gasteiger partial charge in [-0.3, -0.25) is 0 Å². The molecule has 1 aromatic heterocycles. The molecule has 0 aliphatic heterocycles. The van der Waals surface area contributed by atoms with Gasteiger partial charge in [-0.15, -0.1) is 0 Å². The summed E-state index contributed by atoms with van der Waals surface area (Å²) in [5.41, 5.74) is 0.790. The van der Waals surface area contributed by atoms with E-state index in [0.29, 0.717) is 22.0 Å². The lowest BCUT2D eigenvalue weighted by molar-refractivity contribution is 0.340. The summed E-state index contributed by atoms with van der Waals surface area (Å²) in [5.74, 6) is 1.84. The van der Waals surface area contributed by atoms with Crippen LogP contribution in [0.2, 0.25) is 0 Å². The number of benzene rings is 1. The lowest BCUT2D eigenvalue weighted by Crippen LogP contribution is -1.93. The SMILES string of the molecule is COC=Cc1c(OC)cccc1Oc1cccc(Br)n1. The molecule has 104 valence electrons. The van der Waals surface area contributed by atoms with Crippen LogP contribution in [0.25, 0.3) is 6.08 Å². The highest BCUT2D eigenvalue weighted by atomic mass is 79.9. The van der Waals surface area contributed by atoms with E-state index < -0.39 is 0 Å². The van der Waals surface area contributed by atoms with Gasteiger partial charge in [-0.25, -0.2) is 4.98 Å². The number of hydrogen-bond donors (Lipinski definition) is 0. The van der Waals surface area contributed by atoms with Crippen LogP contribution < -0.4 is 9.47 Å². The van der Waals surface area contributed by atoms with E-state index in [2.05, 4.69) is 20.9 Å². The average Bonchev–Trinajstić information content (AvgIpc) is 2.45. The van der Waals surface area contributed by atoms with E-state index in [1.165, 1.54) is 0 Å². The average molecular weight is 336 g/mol. The van der Waals surface area contributed by atoms with E-state index >= 15 is 0 Å². The zero-order valence-corrected chi connectivity index (χ0v) is 12.8. The number of hydrogen-bond acceptors (Lipinski definition) is 4. The van der Waals surface area contributed by atoms with E-state index in [1.54, 1.807) is 32.6 Å². The molecule has 0 atom stereocenters. The highest BCUT2D eigenvalue weighted by Gasteiger charge is 2.09. The first kappa shape index (κ1) is 14.4. The number of rotatable bonds is 5. The second kappa shape index (κ2) is 6.96. The molecule has 0 aliphatic rings. The van der Waals surface area contributed by atoms with Crippen LogP contribution in [0.1, 0.15) is 5.56 Å². The number of pyridine rings is 1. The largest absolute Gasteiger partial charge is 0.504 e. The van der Waals surface area contributed by atoms with Crippen molar-refractivity contribution in [3.63, 3.8) is 0 Å². The zero-order valence-electron chi connectivity index (χ0n) is 11.2. The number of ether oxygens (including phenoxy) is 3. The molecule has 0 amide bonds. The fourth-order valence-corrected chi connectivity index (χ4v) is 1.98. The normalized spacial score (nSPS) is 10.6. The molecule has 1 heterocycles. The quantitative estimate of drug-likeness (QED) is 0.604. The Morgan fingerprint density at radius 3 is 2.50 bits per heavy atom. The first-order valence-electron chi connectivity index (χ1n) is 5.91. The van der Waals surface area contributed by atoms with Gasteiger partial charge in [0, 0.05) is 6.07 Å². The van der Waals surface area contributed by atoms with Crippen molar-refractivity contribution in [2.75, 3.05) is 14.2 Å². The van der Waals surface area contributed by atoms with Crippen molar-refractivity contribution in [2.45, 2.75) is 0 Å². The van der Waals surface area contributed by atoms with Crippen LogP contribution in [0.5, 0.6) is 17.4 Å². The van der Waals surface area contributed by atoms with Crippen LogP contribution in [-0.4, -0.2) is 19.2 Å². The molecule has 0 spiro atoms. The maximum atomic E-state index is 5.80. The maximum absolute atomic E-state index is 5.80. The molecule has 0 bridgehead atoms. The number of nitrogens with zero attached hydrogens (tertiary/aromatic N) is 1. The molecule has 1 aromatic carbocycles. The van der Waals surface area contributed by atoms with Crippen molar-refractivity contribution in [1.82, 2.24) is 4.98 Å². The Bertz CT molecular complexity index is 614. The number of methoxy groups -OCH3 is 2. The van der Waals surface area contributed by atoms with Crippen molar-refractivity contribution in [2.24, 2.45) is 0 Å². The Morgan fingerprint density at radius 1 is 1.05 bits per heavy atom. The van der Waals surface area contributed by atoms with Gasteiger partial charge in [0.15, 0.2) is 0 Å². The van der Waals surface area contributed by atoms with Gasteiger partial charge in [0.1, 0.15) is 16.1 Å². The molecular weight excluding hydrogens is 322 g/mol. The molecule has 0 fully saturated rings. The molecule has 5 heteroatoms. The van der Waals surface area contributed by atoms with Crippen LogP contribution in [0, 0.1) is 0 Å². The van der Waals surface area contributed by atoms with Crippen molar-refractivity contribution in [1.29, 1.82) is 0 Å². The molecule has 0 unspecified atom stereocenters. The predicted octanol–water partition coefficient (Wildman–Crippen LogP) is 4.26. The summed E-state index contributed by atoms with van der Waals surface area (Å²) in [7, 11) is 3.20. The standard InChI is InChI=1S/C15H14BrNO3/c1-18-10-9-11-12(19-2)5-3-6-13(11)20-15-8-4-7-14(16)17-15/h3-10H,1-2H3. The third-order valence-electron chi connectivity index (χ3n) is 2.52. The van der Waals surface area contributed by atoms with Gasteiger partial charge >= 0.3 is 0 Å². The van der Waals surface area contributed by atoms with Crippen molar-refractivity contribution in [3.05, 3.63) is 52.8 Å². The second-order valence-corrected chi connectivity index (χ2v) is 4.62. The minimum Gasteiger partial charge on any atom is -0.504 e. The first-order valence-corrected chi connectivity index (χ1v) is 6.70. The van der Waals surface area contributed by atoms with E-state index in [0.717, 1.165) is 5.56 Å². The molecule has 2 rings (SSSR count). The van der Waals surface area contributed by atoms with Gasteiger partial charge in [0.25, 0.3) is 0 Å².